The number of hydrogen-bond acceptors (Lipinski definition) is 3. The lowest BCUT2D eigenvalue weighted by Gasteiger charge is -2.22. The van der Waals surface area contributed by atoms with Crippen LogP contribution in [0.15, 0.2) is 65.9 Å². The minimum absolute atomic E-state index is 0.237. The maximum absolute atomic E-state index is 13.4. The van der Waals surface area contributed by atoms with E-state index in [1.165, 1.54) is 12.1 Å². The Hall–Kier alpha value is -3.22. The van der Waals surface area contributed by atoms with Crippen LogP contribution in [0.1, 0.15) is 18.3 Å². The summed E-state index contributed by atoms with van der Waals surface area (Å²) in [6.07, 6.45) is 1.68. The normalized spacial score (nSPS) is 11.4. The Morgan fingerprint density at radius 2 is 2.00 bits per heavy atom. The molecule has 0 bridgehead atoms. The first kappa shape index (κ1) is 18.6. The molecular weight excluding hydrogens is 343 g/mol. The van der Waals surface area contributed by atoms with E-state index in [9.17, 15) is 4.39 Å². The second-order valence-electron chi connectivity index (χ2n) is 6.11. The van der Waals surface area contributed by atoms with Gasteiger partial charge in [0.05, 0.1) is 0 Å². The quantitative estimate of drug-likeness (QED) is 0.538. The third-order valence-corrected chi connectivity index (χ3v) is 4.03. The van der Waals surface area contributed by atoms with Crippen LogP contribution in [-0.2, 0) is 13.1 Å². The molecule has 0 aliphatic rings. The molecule has 1 aromatic heterocycles. The van der Waals surface area contributed by atoms with Crippen molar-refractivity contribution in [1.29, 1.82) is 0 Å². The SMILES string of the molecule is CCNC(=NCc1nncn1-c1ccccc1)N(C)Cc1cccc(F)c1. The number of para-hydroxylation sites is 1. The second-order valence-corrected chi connectivity index (χ2v) is 6.11. The number of nitrogens with zero attached hydrogens (tertiary/aromatic N) is 5. The number of aromatic nitrogens is 3. The second kappa shape index (κ2) is 8.93. The van der Waals surface area contributed by atoms with Crippen LogP contribution < -0.4 is 5.32 Å². The molecule has 1 heterocycles. The van der Waals surface area contributed by atoms with Gasteiger partial charge >= 0.3 is 0 Å². The van der Waals surface area contributed by atoms with Gasteiger partial charge in [-0.1, -0.05) is 30.3 Å². The molecule has 3 rings (SSSR count). The predicted octanol–water partition coefficient (Wildman–Crippen LogP) is 3.00. The molecule has 0 aliphatic heterocycles. The van der Waals surface area contributed by atoms with Crippen molar-refractivity contribution in [3.63, 3.8) is 0 Å². The number of guanidine groups is 1. The van der Waals surface area contributed by atoms with Crippen LogP contribution in [-0.4, -0.2) is 39.2 Å². The van der Waals surface area contributed by atoms with Gasteiger partial charge in [0.1, 0.15) is 18.7 Å². The van der Waals surface area contributed by atoms with Crippen LogP contribution in [0.4, 0.5) is 4.39 Å². The van der Waals surface area contributed by atoms with Gasteiger partial charge in [-0.05, 0) is 36.8 Å². The molecule has 2 aromatic carbocycles. The summed E-state index contributed by atoms with van der Waals surface area (Å²) in [5, 5.41) is 11.5. The molecule has 0 radical (unpaired) electrons. The Balaban J connectivity index is 1.75. The van der Waals surface area contributed by atoms with Gasteiger partial charge in [-0.3, -0.25) is 4.57 Å². The summed E-state index contributed by atoms with van der Waals surface area (Å²) in [6, 6.07) is 16.5. The smallest absolute Gasteiger partial charge is 0.194 e. The average molecular weight is 366 g/mol. The molecule has 27 heavy (non-hydrogen) atoms. The van der Waals surface area contributed by atoms with E-state index >= 15 is 0 Å². The van der Waals surface area contributed by atoms with Crippen LogP contribution >= 0.6 is 0 Å². The van der Waals surface area contributed by atoms with E-state index in [0.29, 0.717) is 13.1 Å². The summed E-state index contributed by atoms with van der Waals surface area (Å²) >= 11 is 0. The zero-order valence-corrected chi connectivity index (χ0v) is 15.5. The van der Waals surface area contributed by atoms with Crippen molar-refractivity contribution in [3.05, 3.63) is 78.1 Å². The highest BCUT2D eigenvalue weighted by atomic mass is 19.1. The Morgan fingerprint density at radius 1 is 1.19 bits per heavy atom. The van der Waals surface area contributed by atoms with E-state index in [0.717, 1.165) is 29.6 Å². The standard InChI is InChI=1S/C20H23FN6/c1-3-22-20(26(2)14-16-8-7-9-17(21)12-16)23-13-19-25-24-15-27(19)18-10-5-4-6-11-18/h4-12,15H,3,13-14H2,1-2H3,(H,22,23). The molecule has 0 saturated heterocycles. The minimum atomic E-state index is -0.237. The maximum atomic E-state index is 13.4. The lowest BCUT2D eigenvalue weighted by molar-refractivity contribution is 0.474. The molecule has 3 aromatic rings. The van der Waals surface area contributed by atoms with Crippen LogP contribution in [0.3, 0.4) is 0 Å². The van der Waals surface area contributed by atoms with Gasteiger partial charge in [-0.25, -0.2) is 9.38 Å². The van der Waals surface area contributed by atoms with Gasteiger partial charge in [-0.15, -0.1) is 10.2 Å². The summed E-state index contributed by atoms with van der Waals surface area (Å²) < 4.78 is 15.3. The summed E-state index contributed by atoms with van der Waals surface area (Å²) in [5.74, 6) is 1.24. The Bertz CT molecular complexity index is 890. The molecule has 0 atom stereocenters. The van der Waals surface area contributed by atoms with Gasteiger partial charge in [0.25, 0.3) is 0 Å². The molecule has 6 nitrogen and oxygen atoms in total. The third kappa shape index (κ3) is 4.91. The maximum Gasteiger partial charge on any atom is 0.194 e. The molecule has 140 valence electrons. The fourth-order valence-corrected chi connectivity index (χ4v) is 2.77. The van der Waals surface area contributed by atoms with Crippen LogP contribution in [0.25, 0.3) is 5.69 Å². The summed E-state index contributed by atoms with van der Waals surface area (Å²) in [4.78, 5) is 6.63. The Labute approximate surface area is 158 Å². The van der Waals surface area contributed by atoms with E-state index < -0.39 is 0 Å². The first-order valence-corrected chi connectivity index (χ1v) is 8.85. The van der Waals surface area contributed by atoms with Crippen molar-refractivity contribution in [1.82, 2.24) is 25.0 Å². The summed E-state index contributed by atoms with van der Waals surface area (Å²) in [7, 11) is 1.92. The number of hydrogen-bond donors (Lipinski definition) is 1. The molecular formula is C20H23FN6. The number of rotatable bonds is 6. The molecule has 0 fully saturated rings. The monoisotopic (exact) mass is 366 g/mol. The number of benzene rings is 2. The third-order valence-electron chi connectivity index (χ3n) is 4.03. The summed E-state index contributed by atoms with van der Waals surface area (Å²) in [6.45, 7) is 3.68. The molecule has 1 N–H and O–H groups in total. The van der Waals surface area contributed by atoms with Crippen LogP contribution in [0, 0.1) is 5.82 Å². The highest BCUT2D eigenvalue weighted by Gasteiger charge is 2.10. The number of aliphatic imine (C=N–C) groups is 1. The molecule has 0 unspecified atom stereocenters. The first-order valence-electron chi connectivity index (χ1n) is 8.85. The molecule has 0 amide bonds. The van der Waals surface area contributed by atoms with E-state index in [4.69, 9.17) is 0 Å². The topological polar surface area (TPSA) is 58.3 Å². The minimum Gasteiger partial charge on any atom is -0.357 e. The average Bonchev–Trinajstić information content (AvgIpc) is 3.14. The lowest BCUT2D eigenvalue weighted by atomic mass is 10.2. The van der Waals surface area contributed by atoms with Gasteiger partial charge < -0.3 is 10.2 Å². The molecule has 0 saturated carbocycles. The lowest BCUT2D eigenvalue weighted by Crippen LogP contribution is -2.38. The Morgan fingerprint density at radius 3 is 2.74 bits per heavy atom. The highest BCUT2D eigenvalue weighted by Crippen LogP contribution is 2.10. The Kier molecular flexibility index (Phi) is 6.14. The predicted molar refractivity (Wildman–Crippen MR) is 104 cm³/mol. The van der Waals surface area contributed by atoms with Crippen LogP contribution in [0.2, 0.25) is 0 Å². The van der Waals surface area contributed by atoms with Gasteiger partial charge in [0.2, 0.25) is 0 Å². The van der Waals surface area contributed by atoms with E-state index in [1.807, 2.05) is 59.8 Å². The van der Waals surface area contributed by atoms with E-state index in [1.54, 1.807) is 12.4 Å². The summed E-state index contributed by atoms with van der Waals surface area (Å²) in [5.41, 5.74) is 1.88. The zero-order chi connectivity index (χ0) is 19.1. The van der Waals surface area contributed by atoms with Gasteiger partial charge in [-0.2, -0.15) is 0 Å². The van der Waals surface area contributed by atoms with E-state index in [-0.39, 0.29) is 5.82 Å². The van der Waals surface area contributed by atoms with Gasteiger partial charge in [0.15, 0.2) is 11.8 Å². The van der Waals surface area contributed by atoms with Crippen molar-refractivity contribution in [3.8, 4) is 5.69 Å². The largest absolute Gasteiger partial charge is 0.357 e. The fourth-order valence-electron chi connectivity index (χ4n) is 2.77. The molecule has 0 aliphatic carbocycles. The highest BCUT2D eigenvalue weighted by molar-refractivity contribution is 5.79. The van der Waals surface area contributed by atoms with Crippen molar-refractivity contribution in [2.24, 2.45) is 4.99 Å². The number of nitrogens with one attached hydrogen (secondary N) is 1. The molecule has 0 spiro atoms. The van der Waals surface area contributed by atoms with Crippen molar-refractivity contribution in [2.75, 3.05) is 13.6 Å². The van der Waals surface area contributed by atoms with E-state index in [2.05, 4.69) is 20.5 Å². The van der Waals surface area contributed by atoms with Crippen molar-refractivity contribution >= 4 is 5.96 Å². The van der Waals surface area contributed by atoms with Crippen molar-refractivity contribution in [2.45, 2.75) is 20.0 Å². The first-order chi connectivity index (χ1) is 13.2. The van der Waals surface area contributed by atoms with Crippen molar-refractivity contribution < 1.29 is 4.39 Å². The van der Waals surface area contributed by atoms with Crippen LogP contribution in [0.5, 0.6) is 0 Å². The molecule has 7 heteroatoms. The number of halogens is 1. The fraction of sp³-hybridized carbons (Fsp3) is 0.250. The van der Waals surface area contributed by atoms with Gasteiger partial charge in [0, 0.05) is 25.8 Å². The zero-order valence-electron chi connectivity index (χ0n) is 15.5.